The average molecular weight is 419 g/mol. The van der Waals surface area contributed by atoms with Crippen molar-refractivity contribution in [2.24, 2.45) is 0 Å². The first-order valence-corrected chi connectivity index (χ1v) is 10.1. The lowest BCUT2D eigenvalue weighted by molar-refractivity contribution is -0.925. The molecule has 0 saturated carbocycles. The summed E-state index contributed by atoms with van der Waals surface area (Å²) in [7, 11) is 0. The van der Waals surface area contributed by atoms with Crippen LogP contribution in [0.4, 0.5) is 0 Å². The minimum absolute atomic E-state index is 0. The molecule has 0 unspecified atom stereocenters. The molecule has 0 aromatic heterocycles. The van der Waals surface area contributed by atoms with Gasteiger partial charge in [-0.3, -0.25) is 0 Å². The fourth-order valence-electron chi connectivity index (χ4n) is 3.45. The smallest absolute Gasteiger partial charge is 0.0786 e. The quantitative estimate of drug-likeness (QED) is 0.340. The van der Waals surface area contributed by atoms with Gasteiger partial charge in [0.05, 0.1) is 26.2 Å². The van der Waals surface area contributed by atoms with Gasteiger partial charge in [0.25, 0.3) is 0 Å². The van der Waals surface area contributed by atoms with Crippen molar-refractivity contribution >= 4 is 11.6 Å². The van der Waals surface area contributed by atoms with Crippen LogP contribution in [-0.2, 0) is 6.42 Å². The van der Waals surface area contributed by atoms with Gasteiger partial charge < -0.3 is 21.5 Å². The maximum absolute atomic E-state index is 5.95. The third-order valence-corrected chi connectivity index (χ3v) is 5.59. The van der Waals surface area contributed by atoms with E-state index < -0.39 is 0 Å². The lowest BCUT2D eigenvalue weighted by Gasteiger charge is -2.37. The Morgan fingerprint density at radius 1 is 0.750 bits per heavy atom. The Bertz CT molecular complexity index is 401. The van der Waals surface area contributed by atoms with Crippen LogP contribution in [0.2, 0.25) is 5.02 Å². The van der Waals surface area contributed by atoms with Crippen LogP contribution >= 0.6 is 11.6 Å². The third kappa shape index (κ3) is 9.44. The number of unbranched alkanes of at least 4 members (excludes halogenated alkanes) is 5. The number of quaternary nitrogens is 1. The fraction of sp³-hybridized carbons (Fsp3) is 0.714. The van der Waals surface area contributed by atoms with Crippen molar-refractivity contribution in [1.29, 1.82) is 0 Å². The summed E-state index contributed by atoms with van der Waals surface area (Å²) in [4.78, 5) is 0. The van der Waals surface area contributed by atoms with Crippen molar-refractivity contribution < 1.29 is 21.5 Å². The molecule has 0 radical (unpaired) electrons. The van der Waals surface area contributed by atoms with Crippen LogP contribution in [0.25, 0.3) is 0 Å². The highest BCUT2D eigenvalue weighted by Gasteiger charge is 2.21. The highest BCUT2D eigenvalue weighted by Crippen LogP contribution is 2.16. The summed E-state index contributed by atoms with van der Waals surface area (Å²) in [5.41, 5.74) is 1.42. The molecule has 3 heteroatoms. The zero-order valence-electron chi connectivity index (χ0n) is 16.0. The molecule has 1 aromatic carbocycles. The van der Waals surface area contributed by atoms with E-state index in [0.717, 1.165) is 5.02 Å². The molecule has 0 bridgehead atoms. The zero-order chi connectivity index (χ0) is 17.0. The molecular formula is C21H37BrClN. The number of nitrogens with zero attached hydrogens (tertiary/aromatic N) is 1. The van der Waals surface area contributed by atoms with Crippen molar-refractivity contribution in [3.8, 4) is 0 Å². The highest BCUT2D eigenvalue weighted by molar-refractivity contribution is 6.30. The van der Waals surface area contributed by atoms with Gasteiger partial charge in [-0.25, -0.2) is 0 Å². The number of halogens is 2. The second-order valence-corrected chi connectivity index (χ2v) is 7.36. The van der Waals surface area contributed by atoms with Crippen molar-refractivity contribution in [2.75, 3.05) is 26.2 Å². The third-order valence-electron chi connectivity index (χ3n) is 5.34. The summed E-state index contributed by atoms with van der Waals surface area (Å²) in [6.45, 7) is 12.3. The minimum atomic E-state index is 0. The molecule has 0 heterocycles. The van der Waals surface area contributed by atoms with Crippen molar-refractivity contribution in [1.82, 2.24) is 0 Å². The minimum Gasteiger partial charge on any atom is -1.00 e. The van der Waals surface area contributed by atoms with Gasteiger partial charge in [0.2, 0.25) is 0 Å². The Hall–Kier alpha value is -0.0500. The van der Waals surface area contributed by atoms with Crippen LogP contribution in [0.5, 0.6) is 0 Å². The summed E-state index contributed by atoms with van der Waals surface area (Å²) in [5.74, 6) is 0. The van der Waals surface area contributed by atoms with Gasteiger partial charge in [-0.2, -0.15) is 0 Å². The van der Waals surface area contributed by atoms with E-state index >= 15 is 0 Å². The maximum atomic E-state index is 5.95. The summed E-state index contributed by atoms with van der Waals surface area (Å²) in [6.07, 6.45) is 10.8. The number of benzene rings is 1. The van der Waals surface area contributed by atoms with Crippen molar-refractivity contribution in [3.63, 3.8) is 0 Å². The van der Waals surface area contributed by atoms with Gasteiger partial charge in [-0.15, -0.1) is 0 Å². The summed E-state index contributed by atoms with van der Waals surface area (Å²) in [6, 6.07) is 8.34. The van der Waals surface area contributed by atoms with E-state index in [2.05, 4.69) is 32.9 Å². The normalized spacial score (nSPS) is 11.3. The Morgan fingerprint density at radius 3 is 1.83 bits per heavy atom. The molecule has 0 aliphatic heterocycles. The second-order valence-electron chi connectivity index (χ2n) is 6.92. The molecule has 1 aromatic rings. The lowest BCUT2D eigenvalue weighted by Crippen LogP contribution is -3.00. The van der Waals surface area contributed by atoms with E-state index in [1.807, 2.05) is 12.1 Å². The van der Waals surface area contributed by atoms with E-state index in [0.29, 0.717) is 0 Å². The van der Waals surface area contributed by atoms with Gasteiger partial charge in [0.15, 0.2) is 0 Å². The summed E-state index contributed by atoms with van der Waals surface area (Å²) >= 11 is 5.95. The van der Waals surface area contributed by atoms with E-state index in [1.54, 1.807) is 0 Å². The SMILES string of the molecule is CCCCCCC[N+](CC)(CC)CCCCc1ccc(Cl)cc1.[Br-]. The topological polar surface area (TPSA) is 0 Å². The first kappa shape index (κ1) is 23.9. The molecule has 0 aliphatic rings. The monoisotopic (exact) mass is 417 g/mol. The largest absolute Gasteiger partial charge is 1.00 e. The van der Waals surface area contributed by atoms with Gasteiger partial charge in [-0.05, 0) is 63.6 Å². The Labute approximate surface area is 166 Å². The first-order valence-electron chi connectivity index (χ1n) is 9.75. The fourth-order valence-corrected chi connectivity index (χ4v) is 3.57. The van der Waals surface area contributed by atoms with Crippen molar-refractivity contribution in [3.05, 3.63) is 34.9 Å². The Kier molecular flexibility index (Phi) is 14.1. The first-order chi connectivity index (χ1) is 11.2. The predicted octanol–water partition coefficient (Wildman–Crippen LogP) is 3.49. The van der Waals surface area contributed by atoms with E-state index in [1.165, 1.54) is 87.6 Å². The number of hydrogen-bond donors (Lipinski definition) is 0. The average Bonchev–Trinajstić information content (AvgIpc) is 2.58. The van der Waals surface area contributed by atoms with Crippen LogP contribution < -0.4 is 17.0 Å². The molecule has 0 atom stereocenters. The number of rotatable bonds is 13. The summed E-state index contributed by atoms with van der Waals surface area (Å²) < 4.78 is 1.31. The van der Waals surface area contributed by atoms with Crippen LogP contribution in [0.15, 0.2) is 24.3 Å². The number of hydrogen-bond acceptors (Lipinski definition) is 0. The predicted molar refractivity (Wildman–Crippen MR) is 104 cm³/mol. The molecule has 1 nitrogen and oxygen atoms in total. The second kappa shape index (κ2) is 14.2. The standard InChI is InChI=1S/C21H37ClN.BrH/c1-4-7-8-9-11-18-23(5-2,6-3)19-12-10-13-20-14-16-21(22)17-15-20;/h14-17H,4-13,18-19H2,1-3H3;1H/q+1;/p-1. The van der Waals surface area contributed by atoms with Gasteiger partial charge in [0.1, 0.15) is 0 Å². The Balaban J connectivity index is 0.00000529. The molecule has 0 aliphatic carbocycles. The van der Waals surface area contributed by atoms with Crippen LogP contribution in [0.1, 0.15) is 71.3 Å². The van der Waals surface area contributed by atoms with E-state index in [4.69, 9.17) is 11.6 Å². The van der Waals surface area contributed by atoms with Gasteiger partial charge in [0, 0.05) is 5.02 Å². The molecule has 24 heavy (non-hydrogen) atoms. The lowest BCUT2D eigenvalue weighted by atomic mass is 10.1. The van der Waals surface area contributed by atoms with Gasteiger partial charge in [-0.1, -0.05) is 49.9 Å². The zero-order valence-corrected chi connectivity index (χ0v) is 18.3. The molecule has 140 valence electrons. The highest BCUT2D eigenvalue weighted by atomic mass is 79.9. The molecule has 0 N–H and O–H groups in total. The molecule has 0 fully saturated rings. The van der Waals surface area contributed by atoms with Crippen LogP contribution in [0, 0.1) is 0 Å². The molecule has 0 saturated heterocycles. The summed E-state index contributed by atoms with van der Waals surface area (Å²) in [5, 5.41) is 0.837. The molecule has 1 rings (SSSR count). The molecule has 0 amide bonds. The van der Waals surface area contributed by atoms with Crippen molar-refractivity contribution in [2.45, 2.75) is 72.1 Å². The Morgan fingerprint density at radius 2 is 1.29 bits per heavy atom. The van der Waals surface area contributed by atoms with E-state index in [9.17, 15) is 0 Å². The molecule has 0 spiro atoms. The molecular weight excluding hydrogens is 382 g/mol. The maximum Gasteiger partial charge on any atom is 0.0786 e. The van der Waals surface area contributed by atoms with Crippen LogP contribution in [-0.4, -0.2) is 30.7 Å². The van der Waals surface area contributed by atoms with E-state index in [-0.39, 0.29) is 17.0 Å². The van der Waals surface area contributed by atoms with Gasteiger partial charge >= 0.3 is 0 Å². The number of aryl methyl sites for hydroxylation is 1. The van der Waals surface area contributed by atoms with Crippen LogP contribution in [0.3, 0.4) is 0 Å².